The highest BCUT2D eigenvalue weighted by atomic mass is 16.6. The van der Waals surface area contributed by atoms with E-state index in [1.54, 1.807) is 17.3 Å². The summed E-state index contributed by atoms with van der Waals surface area (Å²) in [6.07, 6.45) is 3.88. The molecule has 150 valence electrons. The van der Waals surface area contributed by atoms with Crippen molar-refractivity contribution in [1.82, 2.24) is 19.7 Å². The van der Waals surface area contributed by atoms with Gasteiger partial charge in [-0.15, -0.1) is 0 Å². The fourth-order valence-electron chi connectivity index (χ4n) is 3.59. The Kier molecular flexibility index (Phi) is 5.14. The van der Waals surface area contributed by atoms with E-state index in [0.29, 0.717) is 13.0 Å². The SMILES string of the molecule is CC1c2nn(C)c(-c3cncc(CC(N)=O)c3)c2CCN1C(=O)OC(C)(C)C. The van der Waals surface area contributed by atoms with Crippen LogP contribution in [0.15, 0.2) is 18.5 Å². The molecule has 0 aromatic carbocycles. The zero-order valence-electron chi connectivity index (χ0n) is 17.0. The van der Waals surface area contributed by atoms with Crippen LogP contribution in [0.5, 0.6) is 0 Å². The lowest BCUT2D eigenvalue weighted by atomic mass is 9.96. The second-order valence-corrected chi connectivity index (χ2v) is 8.16. The van der Waals surface area contributed by atoms with Gasteiger partial charge in [-0.2, -0.15) is 5.10 Å². The number of aryl methyl sites for hydroxylation is 1. The summed E-state index contributed by atoms with van der Waals surface area (Å²) in [6, 6.07) is 1.72. The van der Waals surface area contributed by atoms with Crippen LogP contribution in [0, 0.1) is 0 Å². The third-order valence-electron chi connectivity index (χ3n) is 4.72. The lowest BCUT2D eigenvalue weighted by molar-refractivity contribution is -0.117. The Morgan fingerprint density at radius 1 is 1.32 bits per heavy atom. The van der Waals surface area contributed by atoms with E-state index in [0.717, 1.165) is 28.1 Å². The van der Waals surface area contributed by atoms with Crippen molar-refractivity contribution in [2.75, 3.05) is 6.54 Å². The van der Waals surface area contributed by atoms with E-state index in [-0.39, 0.29) is 18.6 Å². The van der Waals surface area contributed by atoms with Gasteiger partial charge in [0.05, 0.1) is 23.9 Å². The number of aromatic nitrogens is 3. The molecular formula is C20H27N5O3. The predicted molar refractivity (Wildman–Crippen MR) is 104 cm³/mol. The van der Waals surface area contributed by atoms with E-state index in [2.05, 4.69) is 10.1 Å². The number of carbonyl (C=O) groups is 2. The van der Waals surface area contributed by atoms with Gasteiger partial charge in [0, 0.05) is 37.1 Å². The Labute approximate surface area is 164 Å². The first-order chi connectivity index (χ1) is 13.1. The van der Waals surface area contributed by atoms with Crippen LogP contribution >= 0.6 is 0 Å². The van der Waals surface area contributed by atoms with Crippen molar-refractivity contribution >= 4 is 12.0 Å². The molecule has 1 aliphatic heterocycles. The smallest absolute Gasteiger partial charge is 0.410 e. The third-order valence-corrected chi connectivity index (χ3v) is 4.72. The van der Waals surface area contributed by atoms with Crippen molar-refractivity contribution in [2.45, 2.75) is 52.2 Å². The maximum Gasteiger partial charge on any atom is 0.410 e. The van der Waals surface area contributed by atoms with E-state index >= 15 is 0 Å². The van der Waals surface area contributed by atoms with Gasteiger partial charge in [-0.1, -0.05) is 0 Å². The number of nitrogens with zero attached hydrogens (tertiary/aromatic N) is 4. The minimum Gasteiger partial charge on any atom is -0.444 e. The normalized spacial score (nSPS) is 16.6. The Balaban J connectivity index is 1.93. The molecule has 8 heteroatoms. The molecule has 2 aromatic rings. The Bertz CT molecular complexity index is 913. The minimum atomic E-state index is -0.543. The van der Waals surface area contributed by atoms with Crippen molar-refractivity contribution in [3.63, 3.8) is 0 Å². The molecule has 1 atom stereocenters. The van der Waals surface area contributed by atoms with Gasteiger partial charge < -0.3 is 10.5 Å². The number of rotatable bonds is 3. The maximum absolute atomic E-state index is 12.6. The van der Waals surface area contributed by atoms with E-state index < -0.39 is 11.5 Å². The molecule has 0 radical (unpaired) electrons. The number of primary amides is 1. The zero-order chi connectivity index (χ0) is 20.6. The molecule has 2 amide bonds. The van der Waals surface area contributed by atoms with E-state index in [9.17, 15) is 9.59 Å². The number of ether oxygens (including phenoxy) is 1. The minimum absolute atomic E-state index is 0.143. The second-order valence-electron chi connectivity index (χ2n) is 8.16. The largest absolute Gasteiger partial charge is 0.444 e. The van der Waals surface area contributed by atoms with Gasteiger partial charge in [-0.25, -0.2) is 4.79 Å². The lowest BCUT2D eigenvalue weighted by Crippen LogP contribution is -2.42. The summed E-state index contributed by atoms with van der Waals surface area (Å²) in [4.78, 5) is 29.8. The fourth-order valence-corrected chi connectivity index (χ4v) is 3.59. The molecule has 2 aromatic heterocycles. The van der Waals surface area contributed by atoms with Crippen molar-refractivity contribution in [1.29, 1.82) is 0 Å². The van der Waals surface area contributed by atoms with Crippen LogP contribution in [0.25, 0.3) is 11.3 Å². The lowest BCUT2D eigenvalue weighted by Gasteiger charge is -2.34. The number of carbonyl (C=O) groups excluding carboxylic acids is 2. The number of hydrogen-bond donors (Lipinski definition) is 1. The topological polar surface area (TPSA) is 103 Å². The van der Waals surface area contributed by atoms with Crippen LogP contribution in [0.4, 0.5) is 4.79 Å². The second kappa shape index (κ2) is 7.26. The average Bonchev–Trinajstić information content (AvgIpc) is 2.90. The highest BCUT2D eigenvalue weighted by Crippen LogP contribution is 2.36. The maximum atomic E-state index is 12.6. The highest BCUT2D eigenvalue weighted by molar-refractivity contribution is 5.77. The standard InChI is InChI=1S/C20H27N5O3/c1-12-17-15(6-7-25(12)19(27)28-20(2,3)4)18(24(5)23-17)14-8-13(9-16(21)26)10-22-11-14/h8,10-12H,6-7,9H2,1-5H3,(H2,21,26). The summed E-state index contributed by atoms with van der Waals surface area (Å²) >= 11 is 0. The van der Waals surface area contributed by atoms with Crippen LogP contribution in [0.1, 0.15) is 50.6 Å². The van der Waals surface area contributed by atoms with Gasteiger partial charge in [-0.3, -0.25) is 19.4 Å². The summed E-state index contributed by atoms with van der Waals surface area (Å²) in [7, 11) is 1.87. The molecule has 8 nitrogen and oxygen atoms in total. The monoisotopic (exact) mass is 385 g/mol. The Morgan fingerprint density at radius 2 is 2.04 bits per heavy atom. The molecule has 0 bridgehead atoms. The van der Waals surface area contributed by atoms with Crippen molar-refractivity contribution in [2.24, 2.45) is 12.8 Å². The van der Waals surface area contributed by atoms with Gasteiger partial charge in [0.15, 0.2) is 0 Å². The van der Waals surface area contributed by atoms with E-state index in [4.69, 9.17) is 10.5 Å². The summed E-state index contributed by atoms with van der Waals surface area (Å²) in [5.41, 5.74) is 9.30. The summed E-state index contributed by atoms with van der Waals surface area (Å²) in [5, 5.41) is 4.68. The molecular weight excluding hydrogens is 358 g/mol. The predicted octanol–water partition coefficient (Wildman–Crippen LogP) is 2.36. The van der Waals surface area contributed by atoms with Crippen LogP contribution in [0.2, 0.25) is 0 Å². The van der Waals surface area contributed by atoms with Crippen LogP contribution in [0.3, 0.4) is 0 Å². The van der Waals surface area contributed by atoms with Crippen molar-refractivity contribution in [3.05, 3.63) is 35.3 Å². The van der Waals surface area contributed by atoms with Gasteiger partial charge in [-0.05, 0) is 45.7 Å². The molecule has 3 rings (SSSR count). The summed E-state index contributed by atoms with van der Waals surface area (Å²) in [5.74, 6) is -0.396. The number of fused-ring (bicyclic) bond motifs is 1. The zero-order valence-corrected chi connectivity index (χ0v) is 17.0. The number of nitrogens with two attached hydrogens (primary N) is 1. The first kappa shape index (κ1) is 19.9. The van der Waals surface area contributed by atoms with Crippen LogP contribution in [-0.2, 0) is 29.4 Å². The fraction of sp³-hybridized carbons (Fsp3) is 0.500. The van der Waals surface area contributed by atoms with E-state index in [1.165, 1.54) is 0 Å². The van der Waals surface area contributed by atoms with Crippen molar-refractivity contribution in [3.8, 4) is 11.3 Å². The van der Waals surface area contributed by atoms with Gasteiger partial charge in [0.25, 0.3) is 0 Å². The molecule has 0 saturated heterocycles. The molecule has 0 aliphatic carbocycles. The first-order valence-corrected chi connectivity index (χ1v) is 9.35. The number of pyridine rings is 1. The molecule has 0 fully saturated rings. The van der Waals surface area contributed by atoms with Gasteiger partial charge in [0.2, 0.25) is 5.91 Å². The number of amides is 2. The number of hydrogen-bond acceptors (Lipinski definition) is 5. The Hall–Kier alpha value is -2.90. The Morgan fingerprint density at radius 3 is 2.68 bits per heavy atom. The first-order valence-electron chi connectivity index (χ1n) is 9.35. The highest BCUT2D eigenvalue weighted by Gasteiger charge is 2.35. The van der Waals surface area contributed by atoms with Crippen LogP contribution in [-0.4, -0.2) is 43.8 Å². The summed E-state index contributed by atoms with van der Waals surface area (Å²) < 4.78 is 7.35. The molecule has 0 saturated carbocycles. The van der Waals surface area contributed by atoms with Gasteiger partial charge >= 0.3 is 6.09 Å². The average molecular weight is 385 g/mol. The summed E-state index contributed by atoms with van der Waals surface area (Å²) in [6.45, 7) is 8.08. The molecule has 2 N–H and O–H groups in total. The molecule has 0 spiro atoms. The third kappa shape index (κ3) is 4.00. The van der Waals surface area contributed by atoms with Gasteiger partial charge in [0.1, 0.15) is 5.60 Å². The molecule has 1 aliphatic rings. The van der Waals surface area contributed by atoms with E-state index in [1.807, 2.05) is 45.5 Å². The molecule has 1 unspecified atom stereocenters. The quantitative estimate of drug-likeness (QED) is 0.873. The molecule has 3 heterocycles. The molecule has 28 heavy (non-hydrogen) atoms. The van der Waals surface area contributed by atoms with Crippen LogP contribution < -0.4 is 5.73 Å². The van der Waals surface area contributed by atoms with Crippen molar-refractivity contribution < 1.29 is 14.3 Å².